The molecule has 1 aromatic rings. The average molecular weight is 297 g/mol. The minimum absolute atomic E-state index is 0.00153. The summed E-state index contributed by atoms with van der Waals surface area (Å²) in [4.78, 5) is 12.7. The van der Waals surface area contributed by atoms with E-state index in [0.29, 0.717) is 5.78 Å². The second-order valence-electron chi connectivity index (χ2n) is 7.76. The van der Waals surface area contributed by atoms with Crippen molar-refractivity contribution in [2.24, 2.45) is 11.8 Å². The van der Waals surface area contributed by atoms with Gasteiger partial charge in [0.05, 0.1) is 0 Å². The van der Waals surface area contributed by atoms with Gasteiger partial charge < -0.3 is 5.32 Å². The summed E-state index contributed by atoms with van der Waals surface area (Å²) in [6.07, 6.45) is 7.35. The highest BCUT2D eigenvalue weighted by Crippen LogP contribution is 2.32. The zero-order valence-corrected chi connectivity index (χ0v) is 14.0. The Bertz CT molecular complexity index is 591. The highest BCUT2D eigenvalue weighted by molar-refractivity contribution is 5.98. The van der Waals surface area contributed by atoms with Gasteiger partial charge in [-0.05, 0) is 44.6 Å². The Morgan fingerprint density at radius 1 is 1.18 bits per heavy atom. The normalized spacial score (nSPS) is 28.8. The number of hydrogen-bond donors (Lipinski definition) is 1. The third-order valence-corrected chi connectivity index (χ3v) is 5.12. The van der Waals surface area contributed by atoms with Crippen molar-refractivity contribution in [1.29, 1.82) is 0 Å². The van der Waals surface area contributed by atoms with Crippen LogP contribution in [0.25, 0.3) is 5.70 Å². The van der Waals surface area contributed by atoms with E-state index in [2.05, 4.69) is 50.4 Å². The lowest BCUT2D eigenvalue weighted by Gasteiger charge is -2.36. The second kappa shape index (κ2) is 5.91. The minimum Gasteiger partial charge on any atom is -0.379 e. The summed E-state index contributed by atoms with van der Waals surface area (Å²) < 4.78 is 0. The van der Waals surface area contributed by atoms with Gasteiger partial charge in [0.2, 0.25) is 0 Å². The number of nitrogens with one attached hydrogen (secondary N) is 1. The van der Waals surface area contributed by atoms with Gasteiger partial charge in [0.25, 0.3) is 0 Å². The van der Waals surface area contributed by atoms with E-state index in [1.54, 1.807) is 0 Å². The zero-order chi connectivity index (χ0) is 15.7. The van der Waals surface area contributed by atoms with E-state index in [1.807, 2.05) is 6.08 Å². The van der Waals surface area contributed by atoms with E-state index < -0.39 is 0 Å². The highest BCUT2D eigenvalue weighted by atomic mass is 16.1. The van der Waals surface area contributed by atoms with Crippen LogP contribution in [0.2, 0.25) is 0 Å². The molecule has 2 aliphatic rings. The Morgan fingerprint density at radius 3 is 2.59 bits per heavy atom. The van der Waals surface area contributed by atoms with Gasteiger partial charge in [-0.3, -0.25) is 4.79 Å². The molecule has 0 amide bonds. The van der Waals surface area contributed by atoms with Crippen molar-refractivity contribution in [3.05, 3.63) is 41.5 Å². The van der Waals surface area contributed by atoms with Crippen LogP contribution in [0.15, 0.2) is 30.3 Å². The molecule has 0 unspecified atom stereocenters. The van der Waals surface area contributed by atoms with Crippen LogP contribution in [0.3, 0.4) is 0 Å². The van der Waals surface area contributed by atoms with Gasteiger partial charge in [-0.25, -0.2) is 0 Å². The Hall–Kier alpha value is -1.57. The molecule has 2 heteroatoms. The summed E-state index contributed by atoms with van der Waals surface area (Å²) in [6.45, 7) is 6.69. The molecule has 0 bridgehead atoms. The summed E-state index contributed by atoms with van der Waals surface area (Å²) in [5.41, 5.74) is 3.54. The van der Waals surface area contributed by atoms with Gasteiger partial charge in [0.1, 0.15) is 0 Å². The van der Waals surface area contributed by atoms with Crippen LogP contribution in [-0.4, -0.2) is 11.3 Å². The first kappa shape index (κ1) is 15.3. The Labute approximate surface area is 134 Å². The molecule has 0 atom stereocenters. The number of carbonyl (C=O) groups is 1. The van der Waals surface area contributed by atoms with Crippen LogP contribution in [0.4, 0.5) is 0 Å². The van der Waals surface area contributed by atoms with Crippen LogP contribution in [0.1, 0.15) is 57.6 Å². The lowest BCUT2D eigenvalue weighted by Crippen LogP contribution is -2.44. The molecular formula is C20H27NO. The molecule has 0 aromatic heterocycles. The van der Waals surface area contributed by atoms with Crippen molar-refractivity contribution in [3.63, 3.8) is 0 Å². The van der Waals surface area contributed by atoms with E-state index in [4.69, 9.17) is 0 Å². The first-order valence-corrected chi connectivity index (χ1v) is 8.56. The maximum absolute atomic E-state index is 12.7. The molecule has 1 aromatic carbocycles. The number of fused-ring (bicyclic) bond motifs is 1. The standard InChI is InChI=1S/C20H27NO/c1-14-8-10-15(11-9-14)19(22)12-18-17-7-5-4-6-16(17)13-20(2,3)21-18/h4-7,12,14-15,21H,8-11,13H2,1-3H3. The zero-order valence-electron chi connectivity index (χ0n) is 14.0. The first-order chi connectivity index (χ1) is 10.4. The first-order valence-electron chi connectivity index (χ1n) is 8.56. The Balaban J connectivity index is 1.85. The van der Waals surface area contributed by atoms with Gasteiger partial charge in [-0.2, -0.15) is 0 Å². The van der Waals surface area contributed by atoms with Crippen molar-refractivity contribution in [1.82, 2.24) is 5.32 Å². The van der Waals surface area contributed by atoms with Crippen molar-refractivity contribution in [3.8, 4) is 0 Å². The van der Waals surface area contributed by atoms with Crippen LogP contribution >= 0.6 is 0 Å². The number of rotatable bonds is 2. The van der Waals surface area contributed by atoms with Gasteiger partial charge >= 0.3 is 0 Å². The highest BCUT2D eigenvalue weighted by Gasteiger charge is 2.29. The summed E-state index contributed by atoms with van der Waals surface area (Å²) >= 11 is 0. The monoisotopic (exact) mass is 297 g/mol. The number of carbonyl (C=O) groups excluding carboxylic acids is 1. The molecule has 0 spiro atoms. The molecule has 1 aliphatic heterocycles. The van der Waals surface area contributed by atoms with Gasteiger partial charge in [-0.15, -0.1) is 0 Å². The van der Waals surface area contributed by atoms with E-state index in [1.165, 1.54) is 24.0 Å². The minimum atomic E-state index is 0.00153. The van der Waals surface area contributed by atoms with E-state index in [0.717, 1.165) is 30.9 Å². The molecule has 118 valence electrons. The smallest absolute Gasteiger partial charge is 0.160 e. The lowest BCUT2D eigenvalue weighted by molar-refractivity contribution is -0.119. The molecule has 0 radical (unpaired) electrons. The number of hydrogen-bond acceptors (Lipinski definition) is 2. The van der Waals surface area contributed by atoms with Gasteiger partial charge in [0.15, 0.2) is 5.78 Å². The SMILES string of the molecule is CC1CCC(C(=O)C=C2NC(C)(C)Cc3ccccc32)CC1. The largest absolute Gasteiger partial charge is 0.379 e. The van der Waals surface area contributed by atoms with Crippen molar-refractivity contribution < 1.29 is 4.79 Å². The molecule has 1 heterocycles. The molecule has 2 nitrogen and oxygen atoms in total. The molecule has 3 rings (SSSR count). The maximum atomic E-state index is 12.7. The summed E-state index contributed by atoms with van der Waals surface area (Å²) in [5.74, 6) is 1.31. The molecule has 1 N–H and O–H groups in total. The molecule has 0 saturated heterocycles. The van der Waals surface area contributed by atoms with Crippen LogP contribution < -0.4 is 5.32 Å². The third-order valence-electron chi connectivity index (χ3n) is 5.12. The summed E-state index contributed by atoms with van der Waals surface area (Å²) in [5, 5.41) is 3.57. The summed E-state index contributed by atoms with van der Waals surface area (Å²) in [6, 6.07) is 8.44. The number of benzene rings is 1. The van der Waals surface area contributed by atoms with Crippen LogP contribution in [0.5, 0.6) is 0 Å². The molecule has 22 heavy (non-hydrogen) atoms. The molecule has 1 aliphatic carbocycles. The molecular weight excluding hydrogens is 270 g/mol. The molecule has 1 fully saturated rings. The van der Waals surface area contributed by atoms with E-state index >= 15 is 0 Å². The quantitative estimate of drug-likeness (QED) is 0.822. The van der Waals surface area contributed by atoms with Gasteiger partial charge in [-0.1, -0.05) is 44.0 Å². The predicted octanol–water partition coefficient (Wildman–Crippen LogP) is 4.35. The third kappa shape index (κ3) is 3.26. The van der Waals surface area contributed by atoms with Crippen LogP contribution in [-0.2, 0) is 11.2 Å². The van der Waals surface area contributed by atoms with Crippen molar-refractivity contribution in [2.75, 3.05) is 0 Å². The number of allylic oxidation sites excluding steroid dienone is 1. The topological polar surface area (TPSA) is 29.1 Å². The fourth-order valence-electron chi connectivity index (χ4n) is 3.81. The Kier molecular flexibility index (Phi) is 4.12. The fraction of sp³-hybridized carbons (Fsp3) is 0.550. The second-order valence-corrected chi connectivity index (χ2v) is 7.76. The summed E-state index contributed by atoms with van der Waals surface area (Å²) in [7, 11) is 0. The predicted molar refractivity (Wildman–Crippen MR) is 91.5 cm³/mol. The van der Waals surface area contributed by atoms with Crippen molar-refractivity contribution in [2.45, 2.75) is 58.4 Å². The Morgan fingerprint density at radius 2 is 1.86 bits per heavy atom. The van der Waals surface area contributed by atoms with Crippen molar-refractivity contribution >= 4 is 11.5 Å². The lowest BCUT2D eigenvalue weighted by atomic mass is 9.80. The van der Waals surface area contributed by atoms with Gasteiger partial charge in [0, 0.05) is 28.8 Å². The number of ketones is 1. The van der Waals surface area contributed by atoms with E-state index in [-0.39, 0.29) is 11.5 Å². The molecule has 1 saturated carbocycles. The van der Waals surface area contributed by atoms with Crippen LogP contribution in [0, 0.1) is 11.8 Å². The average Bonchev–Trinajstić information content (AvgIpc) is 2.46. The van der Waals surface area contributed by atoms with E-state index in [9.17, 15) is 4.79 Å². The maximum Gasteiger partial charge on any atom is 0.160 e. The fourth-order valence-corrected chi connectivity index (χ4v) is 3.81.